The molecular weight excluding hydrogens is 196 g/mol. The molecule has 0 heterocycles. The normalized spacial score (nSPS) is 28.5. The summed E-state index contributed by atoms with van der Waals surface area (Å²) in [5, 5.41) is 9.88. The number of allylic oxidation sites excluding steroid dienone is 3. The number of aliphatic hydroxyl groups is 1. The first-order valence-corrected chi connectivity index (χ1v) is 6.22. The average Bonchev–Trinajstić information content (AvgIpc) is 2.23. The molecule has 2 atom stereocenters. The zero-order chi connectivity index (χ0) is 12.1. The van der Waals surface area contributed by atoms with Crippen molar-refractivity contribution < 1.29 is 5.11 Å². The monoisotopic (exact) mass is 220 g/mol. The van der Waals surface area contributed by atoms with Gasteiger partial charge in [0.1, 0.15) is 0 Å². The van der Waals surface area contributed by atoms with Crippen LogP contribution in [0.1, 0.15) is 39.5 Å². The maximum Gasteiger partial charge on any atom is 0.0750 e. The third-order valence-corrected chi connectivity index (χ3v) is 3.44. The van der Waals surface area contributed by atoms with E-state index in [2.05, 4.69) is 39.2 Å². The first-order chi connectivity index (χ1) is 7.50. The Morgan fingerprint density at radius 2 is 1.94 bits per heavy atom. The lowest BCUT2D eigenvalue weighted by Crippen LogP contribution is -2.13. The minimum absolute atomic E-state index is 0.351. The van der Waals surface area contributed by atoms with Crippen molar-refractivity contribution >= 4 is 0 Å². The van der Waals surface area contributed by atoms with Crippen LogP contribution in [0.25, 0.3) is 0 Å². The average molecular weight is 220 g/mol. The molecule has 16 heavy (non-hydrogen) atoms. The van der Waals surface area contributed by atoms with E-state index < -0.39 is 0 Å². The van der Waals surface area contributed by atoms with Crippen molar-refractivity contribution in [2.45, 2.75) is 45.6 Å². The second-order valence-corrected chi connectivity index (χ2v) is 5.18. The zero-order valence-electron chi connectivity index (χ0n) is 10.6. The molecule has 0 aromatic rings. The SMILES string of the molecule is C=C1C=C[C@H](C(C)C)CCC(=C)[C@@H](O)CC1. The highest BCUT2D eigenvalue weighted by Crippen LogP contribution is 2.25. The van der Waals surface area contributed by atoms with Gasteiger partial charge in [0.2, 0.25) is 0 Å². The Balaban J connectivity index is 2.75. The van der Waals surface area contributed by atoms with Gasteiger partial charge in [-0.2, -0.15) is 0 Å². The van der Waals surface area contributed by atoms with Gasteiger partial charge >= 0.3 is 0 Å². The molecule has 0 aliphatic heterocycles. The topological polar surface area (TPSA) is 20.2 Å². The molecular formula is C15H24O. The second-order valence-electron chi connectivity index (χ2n) is 5.18. The van der Waals surface area contributed by atoms with Crippen molar-refractivity contribution in [3.05, 3.63) is 36.5 Å². The van der Waals surface area contributed by atoms with Gasteiger partial charge in [-0.1, -0.05) is 44.7 Å². The van der Waals surface area contributed by atoms with Gasteiger partial charge in [-0.05, 0) is 43.1 Å². The number of rotatable bonds is 1. The summed E-state index contributed by atoms with van der Waals surface area (Å²) < 4.78 is 0. The molecule has 0 bridgehead atoms. The summed E-state index contributed by atoms with van der Waals surface area (Å²) in [5.41, 5.74) is 2.09. The van der Waals surface area contributed by atoms with Gasteiger partial charge in [-0.25, -0.2) is 0 Å². The summed E-state index contributed by atoms with van der Waals surface area (Å²) >= 11 is 0. The van der Waals surface area contributed by atoms with Crippen molar-refractivity contribution in [2.24, 2.45) is 11.8 Å². The maximum atomic E-state index is 9.88. The van der Waals surface area contributed by atoms with E-state index in [4.69, 9.17) is 0 Å². The fourth-order valence-corrected chi connectivity index (χ4v) is 2.04. The molecule has 0 spiro atoms. The maximum absolute atomic E-state index is 9.88. The smallest absolute Gasteiger partial charge is 0.0750 e. The highest BCUT2D eigenvalue weighted by atomic mass is 16.3. The van der Waals surface area contributed by atoms with Gasteiger partial charge in [0.05, 0.1) is 6.10 Å². The van der Waals surface area contributed by atoms with Crippen molar-refractivity contribution in [1.29, 1.82) is 0 Å². The number of hydrogen-bond acceptors (Lipinski definition) is 1. The van der Waals surface area contributed by atoms with E-state index in [1.165, 1.54) is 0 Å². The lowest BCUT2D eigenvalue weighted by atomic mass is 9.86. The van der Waals surface area contributed by atoms with Crippen molar-refractivity contribution in [3.8, 4) is 0 Å². The van der Waals surface area contributed by atoms with Gasteiger partial charge < -0.3 is 5.11 Å². The highest BCUT2D eigenvalue weighted by Gasteiger charge is 2.15. The largest absolute Gasteiger partial charge is 0.389 e. The van der Waals surface area contributed by atoms with Crippen LogP contribution in [-0.2, 0) is 0 Å². The van der Waals surface area contributed by atoms with Crippen molar-refractivity contribution in [2.75, 3.05) is 0 Å². The molecule has 0 radical (unpaired) electrons. The predicted octanol–water partition coefficient (Wildman–Crippen LogP) is 3.86. The molecule has 1 aliphatic rings. The first kappa shape index (κ1) is 13.2. The van der Waals surface area contributed by atoms with E-state index >= 15 is 0 Å². The molecule has 0 aromatic carbocycles. The van der Waals surface area contributed by atoms with Gasteiger partial charge in [0.15, 0.2) is 0 Å². The van der Waals surface area contributed by atoms with E-state index in [-0.39, 0.29) is 6.10 Å². The van der Waals surface area contributed by atoms with Gasteiger partial charge in [-0.3, -0.25) is 0 Å². The number of aliphatic hydroxyl groups excluding tert-OH is 1. The molecule has 0 amide bonds. The Morgan fingerprint density at radius 1 is 1.25 bits per heavy atom. The standard InChI is InChI=1S/C15H24O/c1-11(2)14-8-5-12(3)6-10-15(16)13(4)7-9-14/h5,8,11,14-16H,3-4,6-7,9-10H2,1-2H3/t14-,15-/m0/s1. The summed E-state index contributed by atoms with van der Waals surface area (Å²) in [4.78, 5) is 0. The van der Waals surface area contributed by atoms with Crippen molar-refractivity contribution in [1.82, 2.24) is 0 Å². The molecule has 1 heteroatoms. The van der Waals surface area contributed by atoms with E-state index in [1.54, 1.807) is 0 Å². The first-order valence-electron chi connectivity index (χ1n) is 6.22. The fourth-order valence-electron chi connectivity index (χ4n) is 2.04. The Bertz CT molecular complexity index is 286. The Kier molecular flexibility index (Phi) is 5.01. The quantitative estimate of drug-likeness (QED) is 0.665. The summed E-state index contributed by atoms with van der Waals surface area (Å²) in [5.74, 6) is 1.20. The lowest BCUT2D eigenvalue weighted by molar-refractivity contribution is 0.195. The van der Waals surface area contributed by atoms with Crippen LogP contribution >= 0.6 is 0 Å². The van der Waals surface area contributed by atoms with Crippen LogP contribution in [0.15, 0.2) is 36.5 Å². The van der Waals surface area contributed by atoms with E-state index in [1.807, 2.05) is 0 Å². The molecule has 0 aromatic heterocycles. The fraction of sp³-hybridized carbons (Fsp3) is 0.600. The van der Waals surface area contributed by atoms with Crippen molar-refractivity contribution in [3.63, 3.8) is 0 Å². The van der Waals surface area contributed by atoms with Gasteiger partial charge in [0.25, 0.3) is 0 Å². The molecule has 1 rings (SSSR count). The van der Waals surface area contributed by atoms with E-state index in [9.17, 15) is 5.11 Å². The Morgan fingerprint density at radius 3 is 2.56 bits per heavy atom. The molecule has 1 N–H and O–H groups in total. The Labute approximate surface area is 99.6 Å². The van der Waals surface area contributed by atoms with Crippen LogP contribution in [-0.4, -0.2) is 11.2 Å². The summed E-state index contributed by atoms with van der Waals surface area (Å²) in [7, 11) is 0. The molecule has 0 saturated heterocycles. The van der Waals surface area contributed by atoms with Crippen LogP contribution in [0, 0.1) is 11.8 Å². The summed E-state index contributed by atoms with van der Waals surface area (Å²) in [6, 6.07) is 0. The molecule has 0 unspecified atom stereocenters. The lowest BCUT2D eigenvalue weighted by Gasteiger charge is -2.21. The molecule has 0 saturated carbocycles. The zero-order valence-corrected chi connectivity index (χ0v) is 10.6. The van der Waals surface area contributed by atoms with Crippen LogP contribution in [0.2, 0.25) is 0 Å². The van der Waals surface area contributed by atoms with Crippen LogP contribution in [0.5, 0.6) is 0 Å². The van der Waals surface area contributed by atoms with Gasteiger partial charge in [0, 0.05) is 0 Å². The van der Waals surface area contributed by atoms with Crippen LogP contribution < -0.4 is 0 Å². The highest BCUT2D eigenvalue weighted by molar-refractivity contribution is 5.17. The van der Waals surface area contributed by atoms with Gasteiger partial charge in [-0.15, -0.1) is 0 Å². The van der Waals surface area contributed by atoms with Crippen LogP contribution in [0.3, 0.4) is 0 Å². The van der Waals surface area contributed by atoms with E-state index in [0.717, 1.165) is 36.8 Å². The molecule has 90 valence electrons. The number of hydrogen-bond donors (Lipinski definition) is 1. The molecule has 1 aliphatic carbocycles. The predicted molar refractivity (Wildman–Crippen MR) is 70.2 cm³/mol. The molecule has 1 nitrogen and oxygen atoms in total. The third kappa shape index (κ3) is 3.97. The minimum Gasteiger partial charge on any atom is -0.389 e. The Hall–Kier alpha value is -0.820. The third-order valence-electron chi connectivity index (χ3n) is 3.44. The minimum atomic E-state index is -0.351. The summed E-state index contributed by atoms with van der Waals surface area (Å²) in [6.07, 6.45) is 7.69. The van der Waals surface area contributed by atoms with E-state index in [0.29, 0.717) is 11.8 Å². The summed E-state index contributed by atoms with van der Waals surface area (Å²) in [6.45, 7) is 12.5. The molecule has 0 fully saturated rings. The second kappa shape index (κ2) is 6.05. The van der Waals surface area contributed by atoms with Crippen LogP contribution in [0.4, 0.5) is 0 Å².